The number of carbonyl (C=O) groups is 2. The third-order valence-corrected chi connectivity index (χ3v) is 9.57. The van der Waals surface area contributed by atoms with Gasteiger partial charge in [0.15, 0.2) is 5.82 Å². The van der Waals surface area contributed by atoms with E-state index in [1.807, 2.05) is 40.0 Å². The fraction of sp³-hybridized carbons (Fsp3) is 0.548. The number of nitriles is 1. The van der Waals surface area contributed by atoms with Crippen LogP contribution >= 0.6 is 27.7 Å². The number of nitrogens with one attached hydrogen (secondary N) is 1. The number of aryl methyl sites for hydroxylation is 1. The van der Waals surface area contributed by atoms with Crippen LogP contribution in [0.1, 0.15) is 51.7 Å². The highest BCUT2D eigenvalue weighted by Crippen LogP contribution is 2.46. The number of nitrogens with zero attached hydrogens (tertiary/aromatic N) is 4. The molecule has 1 aliphatic carbocycles. The number of rotatable bonds is 6. The van der Waals surface area contributed by atoms with Gasteiger partial charge < -0.3 is 24.6 Å². The molecule has 4 fully saturated rings. The number of hydrogen-bond donors (Lipinski definition) is 1. The molecule has 43 heavy (non-hydrogen) atoms. The molecule has 0 radical (unpaired) electrons. The van der Waals surface area contributed by atoms with E-state index in [0.717, 1.165) is 6.42 Å². The highest BCUT2D eigenvalue weighted by molar-refractivity contribution is 9.10. The first-order valence-corrected chi connectivity index (χ1v) is 16.4. The van der Waals surface area contributed by atoms with Crippen LogP contribution in [-0.2, 0) is 20.7 Å². The van der Waals surface area contributed by atoms with Crippen molar-refractivity contribution in [2.75, 3.05) is 37.9 Å². The maximum absolute atomic E-state index is 15.8. The van der Waals surface area contributed by atoms with Crippen molar-refractivity contribution in [1.82, 2.24) is 14.8 Å². The van der Waals surface area contributed by atoms with Gasteiger partial charge in [-0.05, 0) is 74.4 Å². The quantitative estimate of drug-likeness (QED) is 0.324. The van der Waals surface area contributed by atoms with Crippen LogP contribution in [0.25, 0.3) is 10.9 Å². The van der Waals surface area contributed by atoms with Gasteiger partial charge in [0.05, 0.1) is 46.5 Å². The largest absolute Gasteiger partial charge is 0.444 e. The van der Waals surface area contributed by atoms with Crippen molar-refractivity contribution in [3.05, 3.63) is 27.5 Å². The van der Waals surface area contributed by atoms with Crippen LogP contribution in [0.5, 0.6) is 0 Å². The smallest absolute Gasteiger partial charge is 0.410 e. The molecule has 6 rings (SSSR count). The van der Waals surface area contributed by atoms with Crippen LogP contribution in [0, 0.1) is 34.9 Å². The predicted octanol–water partition coefficient (Wildman–Crippen LogP) is 5.33. The van der Waals surface area contributed by atoms with Gasteiger partial charge in [0.2, 0.25) is 5.91 Å². The van der Waals surface area contributed by atoms with Crippen molar-refractivity contribution in [1.29, 1.82) is 5.26 Å². The Morgan fingerprint density at radius 1 is 1.42 bits per heavy atom. The van der Waals surface area contributed by atoms with Gasteiger partial charge in [0.25, 0.3) is 0 Å². The molecule has 1 saturated carbocycles. The number of pyridine rings is 1. The monoisotopic (exact) mass is 671 g/mol. The van der Waals surface area contributed by atoms with Crippen molar-refractivity contribution in [2.45, 2.75) is 75.7 Å². The number of morpholine rings is 1. The Labute approximate surface area is 264 Å². The Kier molecular flexibility index (Phi) is 9.12. The highest BCUT2D eigenvalue weighted by atomic mass is 79.9. The standard InChI is InChI=1S/C31H35BrFN5O4S/c1-17(37-11-12-41-16-23(37)39)8-9-20-27(35-26-19-14-22(26)38(15-19)30(40)42-31(2,3)4)21-13-18(7-6-10-34)24(32)25(33)28(21)36-29(20)43-5/h13,17,19,22,26H,6-7,11-12,14-16H2,1-5H3,(H,35,36)/t17-,19-,22-,26+/m1/s1. The molecule has 1 aromatic heterocycles. The average Bonchev–Trinajstić information content (AvgIpc) is 3.56. The van der Waals surface area contributed by atoms with Crippen molar-refractivity contribution in [3.8, 4) is 17.9 Å². The van der Waals surface area contributed by atoms with E-state index in [2.05, 4.69) is 39.2 Å². The number of amides is 2. The van der Waals surface area contributed by atoms with Gasteiger partial charge in [-0.2, -0.15) is 5.26 Å². The van der Waals surface area contributed by atoms with Crippen LogP contribution in [0.4, 0.5) is 14.9 Å². The maximum atomic E-state index is 15.8. The van der Waals surface area contributed by atoms with E-state index in [1.165, 1.54) is 11.8 Å². The number of hydrogen-bond acceptors (Lipinski definition) is 8. The molecule has 2 aromatic rings. The Hall–Kier alpha value is -3.06. The number of ether oxygens (including phenoxy) is 2. The van der Waals surface area contributed by atoms with Gasteiger partial charge in [-0.1, -0.05) is 11.8 Å². The fourth-order valence-electron chi connectivity index (χ4n) is 5.88. The van der Waals surface area contributed by atoms with Gasteiger partial charge in [0, 0.05) is 30.8 Å². The molecule has 1 N–H and O–H groups in total. The minimum Gasteiger partial charge on any atom is -0.444 e. The number of anilines is 1. The number of benzene rings is 1. The van der Waals surface area contributed by atoms with Crippen molar-refractivity contribution >= 4 is 56.3 Å². The molecular formula is C31H35BrFN5O4S. The number of aromatic nitrogens is 1. The average molecular weight is 673 g/mol. The van der Waals surface area contributed by atoms with Gasteiger partial charge in [-0.3, -0.25) is 4.79 Å². The summed E-state index contributed by atoms with van der Waals surface area (Å²) in [6.07, 6.45) is 2.97. The summed E-state index contributed by atoms with van der Waals surface area (Å²) in [5, 5.41) is 14.0. The molecule has 0 spiro atoms. The van der Waals surface area contributed by atoms with Gasteiger partial charge in [-0.15, -0.1) is 11.8 Å². The molecule has 228 valence electrons. The molecule has 4 heterocycles. The summed E-state index contributed by atoms with van der Waals surface area (Å²) in [5.74, 6) is 6.10. The number of carbonyl (C=O) groups excluding carboxylic acids is 2. The fourth-order valence-corrected chi connectivity index (χ4v) is 6.92. The summed E-state index contributed by atoms with van der Waals surface area (Å²) in [5.41, 5.74) is 1.49. The van der Waals surface area contributed by atoms with Crippen molar-refractivity contribution < 1.29 is 23.5 Å². The maximum Gasteiger partial charge on any atom is 0.410 e. The molecule has 12 heteroatoms. The highest BCUT2D eigenvalue weighted by Gasteiger charge is 2.55. The number of fused-ring (bicyclic) bond motifs is 2. The SMILES string of the molecule is CSc1nc2c(F)c(Br)c(CCC#N)cc2c(N[C@H]2[C@@H]3C[C@H]2N(C(=O)OC(C)(C)C)C3)c1C#C[C@@H](C)N1CCOCC1=O. The molecule has 1 aromatic carbocycles. The number of thioether (sulfide) groups is 1. The predicted molar refractivity (Wildman–Crippen MR) is 166 cm³/mol. The normalized spacial score (nSPS) is 22.0. The van der Waals surface area contributed by atoms with E-state index >= 15 is 4.39 Å². The lowest BCUT2D eigenvalue weighted by Crippen LogP contribution is -2.50. The molecule has 4 aliphatic rings. The zero-order chi connectivity index (χ0) is 31.1. The Morgan fingerprint density at radius 2 is 2.19 bits per heavy atom. The summed E-state index contributed by atoms with van der Waals surface area (Å²) in [6.45, 7) is 8.93. The van der Waals surface area contributed by atoms with Crippen LogP contribution < -0.4 is 5.32 Å². The van der Waals surface area contributed by atoms with E-state index in [4.69, 9.17) is 14.5 Å². The third-order valence-electron chi connectivity index (χ3n) is 8.04. The molecule has 4 atom stereocenters. The van der Waals surface area contributed by atoms with Crippen LogP contribution in [0.15, 0.2) is 15.6 Å². The first-order valence-electron chi connectivity index (χ1n) is 14.3. The Bertz CT molecular complexity index is 1560. The second kappa shape index (κ2) is 12.5. The lowest BCUT2D eigenvalue weighted by Gasteiger charge is -2.38. The first kappa shape index (κ1) is 31.4. The van der Waals surface area contributed by atoms with Crippen molar-refractivity contribution in [2.24, 2.45) is 5.92 Å². The van der Waals surface area contributed by atoms with Crippen LogP contribution in [-0.4, -0.2) is 83.1 Å². The topological polar surface area (TPSA) is 108 Å². The Balaban J connectivity index is 1.59. The van der Waals surface area contributed by atoms with Crippen LogP contribution in [0.3, 0.4) is 0 Å². The van der Waals surface area contributed by atoms with Gasteiger partial charge >= 0.3 is 6.09 Å². The van der Waals surface area contributed by atoms with E-state index in [9.17, 15) is 14.9 Å². The Morgan fingerprint density at radius 3 is 2.86 bits per heavy atom. The molecule has 0 unspecified atom stereocenters. The minimum absolute atomic E-state index is 0.0324. The molecule has 9 nitrogen and oxygen atoms in total. The van der Waals surface area contributed by atoms with E-state index in [0.29, 0.717) is 57.8 Å². The second-order valence-electron chi connectivity index (χ2n) is 12.0. The summed E-state index contributed by atoms with van der Waals surface area (Å²) >= 11 is 4.75. The molecule has 2 bridgehead atoms. The first-order chi connectivity index (χ1) is 20.4. The lowest BCUT2D eigenvalue weighted by atomic mass is 9.79. The van der Waals surface area contributed by atoms with Gasteiger partial charge in [0.1, 0.15) is 22.8 Å². The van der Waals surface area contributed by atoms with E-state index < -0.39 is 11.4 Å². The minimum atomic E-state index is -0.604. The summed E-state index contributed by atoms with van der Waals surface area (Å²) in [4.78, 5) is 33.6. The molecular weight excluding hydrogens is 637 g/mol. The summed E-state index contributed by atoms with van der Waals surface area (Å²) < 4.78 is 27.1. The lowest BCUT2D eigenvalue weighted by molar-refractivity contribution is -0.143. The van der Waals surface area contributed by atoms with E-state index in [-0.39, 0.29) is 54.6 Å². The van der Waals surface area contributed by atoms with Crippen LogP contribution in [0.2, 0.25) is 0 Å². The summed E-state index contributed by atoms with van der Waals surface area (Å²) in [7, 11) is 0. The summed E-state index contributed by atoms with van der Waals surface area (Å²) in [6, 6.07) is 3.47. The zero-order valence-corrected chi connectivity index (χ0v) is 27.3. The molecule has 2 amide bonds. The second-order valence-corrected chi connectivity index (χ2v) is 13.6. The zero-order valence-electron chi connectivity index (χ0n) is 24.9. The molecule has 3 aliphatic heterocycles. The third kappa shape index (κ3) is 6.29. The van der Waals surface area contributed by atoms with E-state index in [1.54, 1.807) is 9.80 Å². The van der Waals surface area contributed by atoms with Gasteiger partial charge in [-0.25, -0.2) is 14.2 Å². The molecule has 3 saturated heterocycles. The number of halogens is 2. The van der Waals surface area contributed by atoms with Crippen molar-refractivity contribution in [3.63, 3.8) is 0 Å².